The van der Waals surface area contributed by atoms with Crippen molar-refractivity contribution in [2.24, 2.45) is 0 Å². The number of benzene rings is 2. The quantitative estimate of drug-likeness (QED) is 0.427. The van der Waals surface area contributed by atoms with Crippen LogP contribution in [-0.2, 0) is 9.59 Å². The van der Waals surface area contributed by atoms with Crippen molar-refractivity contribution in [2.45, 2.75) is 39.7 Å². The first-order valence-corrected chi connectivity index (χ1v) is 10.7. The van der Waals surface area contributed by atoms with Crippen molar-refractivity contribution in [3.63, 3.8) is 0 Å². The molecule has 1 unspecified atom stereocenters. The maximum atomic E-state index is 13.1. The molecule has 3 rings (SSSR count). The van der Waals surface area contributed by atoms with Crippen LogP contribution < -0.4 is 0 Å². The number of hydrogen-bond donors (Lipinski definition) is 1. The molecule has 0 aliphatic carbocycles. The van der Waals surface area contributed by atoms with Gasteiger partial charge in [-0.15, -0.1) is 0 Å². The highest BCUT2D eigenvalue weighted by Crippen LogP contribution is 2.40. The number of carbonyl (C=O) groups excluding carboxylic acids is 2. The number of aliphatic hydroxyl groups excluding tert-OH is 1. The number of carbonyl (C=O) groups is 2. The van der Waals surface area contributed by atoms with Crippen LogP contribution >= 0.6 is 0 Å². The van der Waals surface area contributed by atoms with Gasteiger partial charge in [-0.3, -0.25) is 9.59 Å². The van der Waals surface area contributed by atoms with Gasteiger partial charge in [0.05, 0.1) is 11.6 Å². The predicted molar refractivity (Wildman–Crippen MR) is 124 cm³/mol. The third-order valence-corrected chi connectivity index (χ3v) is 5.90. The van der Waals surface area contributed by atoms with E-state index in [0.717, 1.165) is 16.7 Å². The van der Waals surface area contributed by atoms with Crippen molar-refractivity contribution in [1.29, 1.82) is 0 Å². The molecule has 0 bridgehead atoms. The Bertz CT molecular complexity index is 1020. The maximum absolute atomic E-state index is 13.1. The molecule has 1 saturated heterocycles. The molecule has 1 heterocycles. The van der Waals surface area contributed by atoms with Crippen LogP contribution in [0.25, 0.3) is 5.76 Å². The van der Waals surface area contributed by atoms with Gasteiger partial charge >= 0.3 is 0 Å². The van der Waals surface area contributed by atoms with Crippen LogP contribution in [0.3, 0.4) is 0 Å². The molecule has 164 valence electrons. The molecule has 0 aromatic heterocycles. The summed E-state index contributed by atoms with van der Waals surface area (Å²) in [5.74, 6) is -0.921. The SMILES string of the molecule is Cc1ccc(C)c(/C(O)=C2\C(=O)C(=O)N(CCN(C)C)C2c2ccc(C(C)C)cc2)c1. The third kappa shape index (κ3) is 4.57. The summed E-state index contributed by atoms with van der Waals surface area (Å²) < 4.78 is 0. The number of likely N-dealkylation sites (N-methyl/N-ethyl adjacent to an activating group) is 1. The fourth-order valence-electron chi connectivity index (χ4n) is 3.96. The van der Waals surface area contributed by atoms with Gasteiger partial charge in [-0.25, -0.2) is 0 Å². The van der Waals surface area contributed by atoms with Gasteiger partial charge in [0, 0.05) is 18.7 Å². The molecule has 1 amide bonds. The van der Waals surface area contributed by atoms with Gasteiger partial charge in [-0.1, -0.05) is 55.8 Å². The van der Waals surface area contributed by atoms with E-state index in [1.54, 1.807) is 4.90 Å². The third-order valence-electron chi connectivity index (χ3n) is 5.90. The van der Waals surface area contributed by atoms with Gasteiger partial charge in [0.2, 0.25) is 0 Å². The van der Waals surface area contributed by atoms with Crippen LogP contribution in [0.1, 0.15) is 53.6 Å². The number of rotatable bonds is 6. The highest BCUT2D eigenvalue weighted by Gasteiger charge is 2.46. The number of aryl methyl sites for hydroxylation is 2. The smallest absolute Gasteiger partial charge is 0.295 e. The average Bonchev–Trinajstić information content (AvgIpc) is 2.98. The molecule has 0 radical (unpaired) electrons. The van der Waals surface area contributed by atoms with E-state index >= 15 is 0 Å². The second kappa shape index (κ2) is 9.06. The summed E-state index contributed by atoms with van der Waals surface area (Å²) in [6, 6.07) is 13.1. The Morgan fingerprint density at radius 1 is 1.06 bits per heavy atom. The van der Waals surface area contributed by atoms with Crippen molar-refractivity contribution in [3.05, 3.63) is 75.9 Å². The monoisotopic (exact) mass is 420 g/mol. The molecular weight excluding hydrogens is 388 g/mol. The first kappa shape index (κ1) is 22.8. The van der Waals surface area contributed by atoms with Gasteiger partial charge in [-0.05, 0) is 56.6 Å². The van der Waals surface area contributed by atoms with Crippen molar-refractivity contribution >= 4 is 17.4 Å². The Hall–Kier alpha value is -2.92. The van der Waals surface area contributed by atoms with E-state index in [2.05, 4.69) is 13.8 Å². The second-order valence-corrected chi connectivity index (χ2v) is 8.94. The van der Waals surface area contributed by atoms with Gasteiger partial charge in [0.1, 0.15) is 5.76 Å². The summed E-state index contributed by atoms with van der Waals surface area (Å²) in [5.41, 5.74) is 4.60. The molecule has 1 aliphatic rings. The summed E-state index contributed by atoms with van der Waals surface area (Å²) in [4.78, 5) is 29.7. The molecule has 1 aliphatic heterocycles. The van der Waals surface area contributed by atoms with Crippen molar-refractivity contribution in [3.8, 4) is 0 Å². The lowest BCUT2D eigenvalue weighted by atomic mass is 9.92. The zero-order valence-corrected chi connectivity index (χ0v) is 19.3. The molecule has 0 saturated carbocycles. The highest BCUT2D eigenvalue weighted by molar-refractivity contribution is 6.46. The molecule has 5 heteroatoms. The van der Waals surface area contributed by atoms with Gasteiger partial charge in [-0.2, -0.15) is 0 Å². The first-order valence-electron chi connectivity index (χ1n) is 10.7. The standard InChI is InChI=1S/C26H32N2O3/c1-16(2)19-9-11-20(12-10-19)23-22(24(29)21-15-17(3)7-8-18(21)4)25(30)26(31)28(23)14-13-27(5)6/h7-12,15-16,23,29H,13-14H2,1-6H3/b24-22+. The van der Waals surface area contributed by atoms with Crippen molar-refractivity contribution < 1.29 is 14.7 Å². The van der Waals surface area contributed by atoms with E-state index < -0.39 is 17.7 Å². The lowest BCUT2D eigenvalue weighted by Gasteiger charge is -2.27. The van der Waals surface area contributed by atoms with Crippen LogP contribution in [0.15, 0.2) is 48.0 Å². The van der Waals surface area contributed by atoms with E-state index in [4.69, 9.17) is 0 Å². The Morgan fingerprint density at radius 3 is 2.29 bits per heavy atom. The summed E-state index contributed by atoms with van der Waals surface area (Å²) in [6.07, 6.45) is 0. The van der Waals surface area contributed by atoms with Gasteiger partial charge in [0.15, 0.2) is 0 Å². The van der Waals surface area contributed by atoms with Crippen LogP contribution in [0.4, 0.5) is 0 Å². The number of likely N-dealkylation sites (tertiary alicyclic amines) is 1. The fourth-order valence-corrected chi connectivity index (χ4v) is 3.96. The summed E-state index contributed by atoms with van der Waals surface area (Å²) >= 11 is 0. The Balaban J connectivity index is 2.17. The molecular formula is C26H32N2O3. The number of aliphatic hydroxyl groups is 1. The molecule has 5 nitrogen and oxygen atoms in total. The average molecular weight is 421 g/mol. The lowest BCUT2D eigenvalue weighted by Crippen LogP contribution is -2.35. The van der Waals surface area contributed by atoms with E-state index in [1.807, 2.05) is 75.3 Å². The first-order chi connectivity index (χ1) is 14.6. The van der Waals surface area contributed by atoms with E-state index in [9.17, 15) is 14.7 Å². The molecule has 1 atom stereocenters. The largest absolute Gasteiger partial charge is 0.507 e. The van der Waals surface area contributed by atoms with Crippen molar-refractivity contribution in [1.82, 2.24) is 9.80 Å². The van der Waals surface area contributed by atoms with E-state index in [0.29, 0.717) is 24.6 Å². The van der Waals surface area contributed by atoms with Gasteiger partial charge in [0.25, 0.3) is 11.7 Å². The topological polar surface area (TPSA) is 60.9 Å². The highest BCUT2D eigenvalue weighted by atomic mass is 16.3. The number of Topliss-reactive ketones (excluding diaryl/α,β-unsaturated/α-hetero) is 1. The number of nitrogens with zero attached hydrogens (tertiary/aromatic N) is 2. The lowest BCUT2D eigenvalue weighted by molar-refractivity contribution is -0.140. The Kier molecular flexibility index (Phi) is 6.65. The predicted octanol–water partition coefficient (Wildman–Crippen LogP) is 4.41. The van der Waals surface area contributed by atoms with E-state index in [1.165, 1.54) is 5.56 Å². The molecule has 2 aromatic rings. The Morgan fingerprint density at radius 2 is 1.71 bits per heavy atom. The maximum Gasteiger partial charge on any atom is 0.295 e. The normalized spacial score (nSPS) is 18.5. The zero-order valence-electron chi connectivity index (χ0n) is 19.3. The molecule has 1 fully saturated rings. The minimum atomic E-state index is -0.630. The number of amides is 1. The van der Waals surface area contributed by atoms with Crippen LogP contribution in [0.2, 0.25) is 0 Å². The zero-order chi connectivity index (χ0) is 22.9. The summed E-state index contributed by atoms with van der Waals surface area (Å²) in [6.45, 7) is 9.10. The van der Waals surface area contributed by atoms with E-state index in [-0.39, 0.29) is 11.3 Å². The molecule has 31 heavy (non-hydrogen) atoms. The second-order valence-electron chi connectivity index (χ2n) is 8.94. The van der Waals surface area contributed by atoms with Crippen LogP contribution in [0.5, 0.6) is 0 Å². The molecule has 2 aromatic carbocycles. The summed E-state index contributed by atoms with van der Waals surface area (Å²) in [7, 11) is 3.86. The number of ketones is 1. The minimum Gasteiger partial charge on any atom is -0.507 e. The van der Waals surface area contributed by atoms with Crippen LogP contribution in [0, 0.1) is 13.8 Å². The Labute approximate surface area is 185 Å². The minimum absolute atomic E-state index is 0.107. The van der Waals surface area contributed by atoms with Crippen molar-refractivity contribution in [2.75, 3.05) is 27.2 Å². The fraction of sp³-hybridized carbons (Fsp3) is 0.385. The molecule has 0 spiro atoms. The number of hydrogen-bond acceptors (Lipinski definition) is 4. The van der Waals surface area contributed by atoms with Crippen LogP contribution in [-0.4, -0.2) is 53.8 Å². The summed E-state index contributed by atoms with van der Waals surface area (Å²) in [5, 5.41) is 11.3. The van der Waals surface area contributed by atoms with Gasteiger partial charge < -0.3 is 14.9 Å². The molecule has 1 N–H and O–H groups in total.